The number of carbonyl (C=O) groups excluding carboxylic acids is 2. The summed E-state index contributed by atoms with van der Waals surface area (Å²) in [6.07, 6.45) is -8.56. The second-order valence-corrected chi connectivity index (χ2v) is 7.90. The van der Waals surface area contributed by atoms with Crippen LogP contribution in [0.2, 0.25) is 0 Å². The van der Waals surface area contributed by atoms with E-state index in [2.05, 4.69) is 35.6 Å². The van der Waals surface area contributed by atoms with Gasteiger partial charge < -0.3 is 25.6 Å². The van der Waals surface area contributed by atoms with Crippen molar-refractivity contribution in [2.75, 3.05) is 43.4 Å². The van der Waals surface area contributed by atoms with E-state index < -0.39 is 30.9 Å². The number of hydrogen-bond donors (Lipinski definition) is 3. The predicted octanol–water partition coefficient (Wildman–Crippen LogP) is 3.27. The van der Waals surface area contributed by atoms with Crippen LogP contribution in [0.4, 0.5) is 43.9 Å². The Labute approximate surface area is 206 Å². The van der Waals surface area contributed by atoms with Crippen LogP contribution in [0.5, 0.6) is 6.01 Å². The molecule has 37 heavy (non-hydrogen) atoms. The lowest BCUT2D eigenvalue weighted by Gasteiger charge is -2.24. The number of carbonyl (C=O) groups is 2. The van der Waals surface area contributed by atoms with E-state index in [1.807, 2.05) is 0 Å². The van der Waals surface area contributed by atoms with Crippen molar-refractivity contribution < 1.29 is 40.7 Å². The summed E-state index contributed by atoms with van der Waals surface area (Å²) in [5.74, 6) is -2.91. The predicted molar refractivity (Wildman–Crippen MR) is 118 cm³/mol. The summed E-state index contributed by atoms with van der Waals surface area (Å²) in [7, 11) is 0. The number of nitrogens with zero attached hydrogens (tertiary/aromatic N) is 4. The van der Waals surface area contributed by atoms with Gasteiger partial charge in [-0.25, -0.2) is 0 Å². The maximum Gasteiger partial charge on any atom is 0.471 e. The summed E-state index contributed by atoms with van der Waals surface area (Å²) >= 11 is 0. The Balaban J connectivity index is 1.86. The van der Waals surface area contributed by atoms with E-state index in [4.69, 9.17) is 0 Å². The van der Waals surface area contributed by atoms with Crippen LogP contribution < -0.4 is 20.7 Å². The average Bonchev–Trinajstić information content (AvgIpc) is 2.82. The monoisotopic (exact) mass is 535 g/mol. The lowest BCUT2D eigenvalue weighted by molar-refractivity contribution is -0.185. The van der Waals surface area contributed by atoms with Crippen LogP contribution in [0.25, 0.3) is 0 Å². The Morgan fingerprint density at radius 1 is 0.892 bits per heavy atom. The van der Waals surface area contributed by atoms with Crippen molar-refractivity contribution in [1.29, 1.82) is 0 Å². The molecule has 2 aromatic rings. The number of rotatable bonds is 2. The second kappa shape index (κ2) is 11.9. The van der Waals surface area contributed by atoms with Crippen LogP contribution in [0, 0.1) is 0 Å². The number of aromatic nitrogens is 3. The molecule has 0 aliphatic carbocycles. The Morgan fingerprint density at radius 2 is 1.59 bits per heavy atom. The van der Waals surface area contributed by atoms with Crippen molar-refractivity contribution in [2.24, 2.45) is 0 Å². The van der Waals surface area contributed by atoms with Crippen LogP contribution in [0.15, 0.2) is 24.3 Å². The largest absolute Gasteiger partial charge is 0.471 e. The molecule has 0 saturated heterocycles. The van der Waals surface area contributed by atoms with Gasteiger partial charge in [0.25, 0.3) is 5.91 Å². The molecule has 4 bridgehead atoms. The van der Waals surface area contributed by atoms with Gasteiger partial charge in [-0.1, -0.05) is 0 Å². The third kappa shape index (κ3) is 8.95. The zero-order valence-corrected chi connectivity index (χ0v) is 19.2. The van der Waals surface area contributed by atoms with E-state index in [9.17, 15) is 35.9 Å². The molecule has 2 aliphatic rings. The van der Waals surface area contributed by atoms with Crippen molar-refractivity contribution in [1.82, 2.24) is 25.2 Å². The Morgan fingerprint density at radius 3 is 2.27 bits per heavy atom. The molecule has 3 heterocycles. The smallest absolute Gasteiger partial charge is 0.454 e. The van der Waals surface area contributed by atoms with Gasteiger partial charge in [0.15, 0.2) is 6.61 Å². The zero-order valence-electron chi connectivity index (χ0n) is 19.2. The molecule has 0 radical (unpaired) electrons. The summed E-state index contributed by atoms with van der Waals surface area (Å²) in [5, 5.41) is 8.03. The fraction of sp³-hybridized carbons (Fsp3) is 0.476. The molecular formula is C21H23F6N7O3. The van der Waals surface area contributed by atoms with Gasteiger partial charge in [0.2, 0.25) is 11.9 Å². The summed E-state index contributed by atoms with van der Waals surface area (Å²) in [6, 6.07) is 5.37. The van der Waals surface area contributed by atoms with Crippen molar-refractivity contribution >= 4 is 29.4 Å². The summed E-state index contributed by atoms with van der Waals surface area (Å²) in [4.78, 5) is 36.2. The van der Waals surface area contributed by atoms with Crippen molar-refractivity contribution in [2.45, 2.75) is 31.6 Å². The third-order valence-electron chi connectivity index (χ3n) is 4.97. The summed E-state index contributed by atoms with van der Waals surface area (Å²) < 4.78 is 81.5. The number of anilines is 3. The first-order valence-corrected chi connectivity index (χ1v) is 11.1. The number of nitrogens with one attached hydrogen (secondary N) is 3. The molecule has 10 nitrogen and oxygen atoms in total. The lowest BCUT2D eigenvalue weighted by atomic mass is 10.2. The molecule has 0 spiro atoms. The van der Waals surface area contributed by atoms with Gasteiger partial charge >= 0.3 is 24.3 Å². The standard InChI is InChI=1S/C21H23F6N7O3/c22-20(23,24)12-37-19-32-17-29-9-11-34(16(36)21(25,26)27)10-3-1-2-8-28-15(35)13-4-6-14(7-5-13)30-18(31-17)33-19/h4-7H,1-3,8-12H2,(H,28,35)(H2,29,30,31,32,33). The van der Waals surface area contributed by atoms with E-state index in [1.54, 1.807) is 0 Å². The minimum atomic E-state index is -5.08. The highest BCUT2D eigenvalue weighted by Gasteiger charge is 2.42. The lowest BCUT2D eigenvalue weighted by Crippen LogP contribution is -2.43. The molecule has 1 aromatic carbocycles. The molecule has 0 saturated carbocycles. The maximum absolute atomic E-state index is 13.0. The first-order chi connectivity index (χ1) is 17.4. The number of benzene rings is 1. The van der Waals surface area contributed by atoms with Crippen LogP contribution in [0.1, 0.15) is 29.6 Å². The van der Waals surface area contributed by atoms with Crippen LogP contribution in [0.3, 0.4) is 0 Å². The van der Waals surface area contributed by atoms with Gasteiger partial charge in [0.1, 0.15) is 0 Å². The highest BCUT2D eigenvalue weighted by Crippen LogP contribution is 2.21. The van der Waals surface area contributed by atoms with Crippen LogP contribution >= 0.6 is 0 Å². The molecule has 2 aliphatic heterocycles. The Hall–Kier alpha value is -3.85. The van der Waals surface area contributed by atoms with Gasteiger partial charge in [-0.05, 0) is 43.5 Å². The topological polar surface area (TPSA) is 121 Å². The molecule has 0 unspecified atom stereocenters. The van der Waals surface area contributed by atoms with Crippen LogP contribution in [-0.2, 0) is 4.79 Å². The molecule has 16 heteroatoms. The first kappa shape index (κ1) is 27.7. The molecule has 2 amide bonds. The van der Waals surface area contributed by atoms with Crippen molar-refractivity contribution in [3.63, 3.8) is 0 Å². The highest BCUT2D eigenvalue weighted by molar-refractivity contribution is 5.94. The molecule has 202 valence electrons. The molecule has 0 fully saturated rings. The Bertz CT molecular complexity index is 1080. The quantitative estimate of drug-likeness (QED) is 0.502. The molecule has 0 atom stereocenters. The van der Waals surface area contributed by atoms with Gasteiger partial charge in [-0.15, -0.1) is 0 Å². The minimum Gasteiger partial charge on any atom is -0.454 e. The maximum atomic E-state index is 13.0. The highest BCUT2D eigenvalue weighted by atomic mass is 19.4. The van der Waals surface area contributed by atoms with E-state index in [1.165, 1.54) is 24.3 Å². The fourth-order valence-electron chi connectivity index (χ4n) is 3.24. The number of hydrogen-bond acceptors (Lipinski definition) is 8. The molecule has 1 aromatic heterocycles. The number of alkyl halides is 6. The minimum absolute atomic E-state index is 0.195. The molecule has 3 N–H and O–H groups in total. The first-order valence-electron chi connectivity index (χ1n) is 11.1. The van der Waals surface area contributed by atoms with Gasteiger partial charge in [0.05, 0.1) is 0 Å². The van der Waals surface area contributed by atoms with Crippen molar-refractivity contribution in [3.8, 4) is 6.01 Å². The summed E-state index contributed by atoms with van der Waals surface area (Å²) in [5.41, 5.74) is 0.716. The van der Waals surface area contributed by atoms with Gasteiger partial charge in [-0.3, -0.25) is 9.59 Å². The van der Waals surface area contributed by atoms with Gasteiger partial charge in [0, 0.05) is 37.4 Å². The normalized spacial score (nSPS) is 15.9. The second-order valence-electron chi connectivity index (χ2n) is 7.90. The summed E-state index contributed by atoms with van der Waals surface area (Å²) in [6.45, 7) is -2.22. The van der Waals surface area contributed by atoms with E-state index in [-0.39, 0.29) is 43.9 Å². The average molecular weight is 535 g/mol. The number of ether oxygens (including phenoxy) is 1. The molecule has 4 rings (SSSR count). The van der Waals surface area contributed by atoms with Crippen LogP contribution in [-0.4, -0.2) is 76.8 Å². The third-order valence-corrected chi connectivity index (χ3v) is 4.97. The van der Waals surface area contributed by atoms with E-state index in [0.29, 0.717) is 35.5 Å². The van der Waals surface area contributed by atoms with E-state index in [0.717, 1.165) is 0 Å². The number of halogens is 6. The molecular weight excluding hydrogens is 512 g/mol. The number of fused-ring (bicyclic) bond motifs is 12. The fourth-order valence-corrected chi connectivity index (χ4v) is 3.24. The SMILES string of the molecule is O=C1NCCCCCN(C(=O)C(F)(F)F)CCNc2nc(nc(OCC(F)(F)F)n2)Nc2ccc1cc2. The van der Waals surface area contributed by atoms with Gasteiger partial charge in [-0.2, -0.15) is 41.3 Å². The number of amides is 2. The van der Waals surface area contributed by atoms with Crippen molar-refractivity contribution in [3.05, 3.63) is 29.8 Å². The zero-order chi connectivity index (χ0) is 27.1. The van der Waals surface area contributed by atoms with E-state index >= 15 is 0 Å². The Kier molecular flexibility index (Phi) is 8.94.